The van der Waals surface area contributed by atoms with Gasteiger partial charge in [0.05, 0.1) is 11.8 Å². The fraction of sp³-hybridized carbons (Fsp3) is 0.542. The predicted octanol–water partition coefficient (Wildman–Crippen LogP) is 3.92. The van der Waals surface area contributed by atoms with Gasteiger partial charge in [-0.15, -0.1) is 0 Å². The smallest absolute Gasteiger partial charge is 0.410 e. The molecule has 0 saturated carbocycles. The fourth-order valence-corrected chi connectivity index (χ4v) is 4.84. The number of aromatic nitrogens is 3. The van der Waals surface area contributed by atoms with Gasteiger partial charge in [0.15, 0.2) is 0 Å². The van der Waals surface area contributed by atoms with Crippen LogP contribution >= 0.6 is 11.6 Å². The molecule has 2 aromatic rings. The molecule has 7 nitrogen and oxygen atoms in total. The molecule has 1 spiro atoms. The monoisotopic (exact) mass is 455 g/mol. The summed E-state index contributed by atoms with van der Waals surface area (Å²) in [5.41, 5.74) is 2.36. The molecule has 32 heavy (non-hydrogen) atoms. The van der Waals surface area contributed by atoms with E-state index in [1.54, 1.807) is 17.1 Å². The minimum atomic E-state index is -0.487. The average molecular weight is 456 g/mol. The van der Waals surface area contributed by atoms with Gasteiger partial charge in [0.2, 0.25) is 0 Å². The van der Waals surface area contributed by atoms with Crippen molar-refractivity contribution in [1.29, 1.82) is 0 Å². The predicted molar refractivity (Wildman–Crippen MR) is 123 cm³/mol. The summed E-state index contributed by atoms with van der Waals surface area (Å²) in [4.78, 5) is 18.6. The number of pyridine rings is 1. The molecule has 0 aliphatic carbocycles. The number of hydrogen-bond acceptors (Lipinski definition) is 5. The van der Waals surface area contributed by atoms with Crippen molar-refractivity contribution in [1.82, 2.24) is 25.0 Å². The molecule has 1 unspecified atom stereocenters. The van der Waals surface area contributed by atoms with Crippen LogP contribution in [0, 0.1) is 17.3 Å². The normalized spacial score (nSPS) is 20.2. The molecule has 8 heteroatoms. The number of carbonyl (C=O) groups excluding carboxylic acids is 1. The summed E-state index contributed by atoms with van der Waals surface area (Å²) in [5.74, 6) is 6.46. The van der Waals surface area contributed by atoms with Gasteiger partial charge in [0.25, 0.3) is 0 Å². The number of nitrogens with zero attached hydrogens (tertiary/aromatic N) is 4. The third-order valence-electron chi connectivity index (χ3n) is 6.25. The van der Waals surface area contributed by atoms with Crippen molar-refractivity contribution in [2.45, 2.75) is 51.7 Å². The Morgan fingerprint density at radius 1 is 1.25 bits per heavy atom. The Bertz CT molecular complexity index is 1050. The second-order valence-corrected chi connectivity index (χ2v) is 10.1. The highest BCUT2D eigenvalue weighted by atomic mass is 35.5. The Morgan fingerprint density at radius 3 is 2.66 bits per heavy atom. The van der Waals surface area contributed by atoms with E-state index in [1.807, 2.05) is 45.0 Å². The first kappa shape index (κ1) is 22.6. The van der Waals surface area contributed by atoms with Gasteiger partial charge in [-0.2, -0.15) is 5.10 Å². The van der Waals surface area contributed by atoms with Gasteiger partial charge in [-0.25, -0.2) is 9.78 Å². The van der Waals surface area contributed by atoms with Crippen LogP contribution in [0.25, 0.3) is 0 Å². The first-order chi connectivity index (χ1) is 15.2. The highest BCUT2D eigenvalue weighted by Gasteiger charge is 2.47. The number of likely N-dealkylation sites (tertiary alicyclic amines) is 1. The SMILES string of the molecule is Cn1cc(C#Cc2cnc(Cl)cc2C2NCCC23CCN(C(=O)OC(C)(C)C)CC3)cn1. The van der Waals surface area contributed by atoms with Crippen LogP contribution in [0.4, 0.5) is 4.79 Å². The van der Waals surface area contributed by atoms with Gasteiger partial charge in [0.1, 0.15) is 10.8 Å². The molecule has 4 heterocycles. The van der Waals surface area contributed by atoms with E-state index < -0.39 is 5.60 Å². The van der Waals surface area contributed by atoms with Crippen LogP contribution in [0.15, 0.2) is 24.7 Å². The van der Waals surface area contributed by atoms with Crippen molar-refractivity contribution >= 4 is 17.7 Å². The van der Waals surface area contributed by atoms with Crippen molar-refractivity contribution in [3.63, 3.8) is 0 Å². The number of rotatable bonds is 1. The van der Waals surface area contributed by atoms with E-state index in [-0.39, 0.29) is 17.6 Å². The largest absolute Gasteiger partial charge is 0.444 e. The molecule has 1 N–H and O–H groups in total. The Hall–Kier alpha value is -2.56. The average Bonchev–Trinajstić information content (AvgIpc) is 3.32. The van der Waals surface area contributed by atoms with Crippen molar-refractivity contribution in [2.24, 2.45) is 12.5 Å². The second kappa shape index (κ2) is 8.76. The zero-order valence-corrected chi connectivity index (χ0v) is 19.9. The number of nitrogens with one attached hydrogen (secondary N) is 1. The van der Waals surface area contributed by atoms with Crippen molar-refractivity contribution in [3.05, 3.63) is 46.5 Å². The van der Waals surface area contributed by atoms with E-state index in [9.17, 15) is 4.79 Å². The number of aryl methyl sites for hydroxylation is 1. The van der Waals surface area contributed by atoms with Crippen LogP contribution in [-0.2, 0) is 11.8 Å². The second-order valence-electron chi connectivity index (χ2n) is 9.71. The van der Waals surface area contributed by atoms with Crippen LogP contribution in [0.2, 0.25) is 5.15 Å². The van der Waals surface area contributed by atoms with Gasteiger partial charge in [-0.05, 0) is 63.6 Å². The van der Waals surface area contributed by atoms with Crippen LogP contribution in [0.1, 0.15) is 62.8 Å². The van der Waals surface area contributed by atoms with E-state index in [1.165, 1.54) is 0 Å². The summed E-state index contributed by atoms with van der Waals surface area (Å²) < 4.78 is 7.30. The molecule has 0 aromatic carbocycles. The third-order valence-corrected chi connectivity index (χ3v) is 6.46. The van der Waals surface area contributed by atoms with E-state index in [0.29, 0.717) is 18.2 Å². The Balaban J connectivity index is 1.56. The lowest BCUT2D eigenvalue weighted by atomic mass is 9.70. The molecule has 170 valence electrons. The molecule has 2 saturated heterocycles. The van der Waals surface area contributed by atoms with E-state index in [0.717, 1.165) is 42.5 Å². The van der Waals surface area contributed by atoms with Crippen molar-refractivity contribution in [2.75, 3.05) is 19.6 Å². The minimum absolute atomic E-state index is 0.0495. The number of ether oxygens (including phenoxy) is 1. The number of amides is 1. The van der Waals surface area contributed by atoms with E-state index in [2.05, 4.69) is 27.2 Å². The summed E-state index contributed by atoms with van der Waals surface area (Å²) in [6.07, 6.45) is 8.01. The number of carbonyl (C=O) groups is 1. The van der Waals surface area contributed by atoms with Crippen LogP contribution in [0.5, 0.6) is 0 Å². The summed E-state index contributed by atoms with van der Waals surface area (Å²) in [5, 5.41) is 8.32. The highest BCUT2D eigenvalue weighted by molar-refractivity contribution is 6.29. The van der Waals surface area contributed by atoms with Gasteiger partial charge >= 0.3 is 6.09 Å². The molecule has 2 aliphatic heterocycles. The molecular weight excluding hydrogens is 426 g/mol. The van der Waals surface area contributed by atoms with E-state index >= 15 is 0 Å². The third kappa shape index (κ3) is 4.92. The zero-order chi connectivity index (χ0) is 22.9. The summed E-state index contributed by atoms with van der Waals surface area (Å²) >= 11 is 6.30. The molecular formula is C24H30ClN5O2. The van der Waals surface area contributed by atoms with Crippen molar-refractivity contribution in [3.8, 4) is 11.8 Å². The topological polar surface area (TPSA) is 72.3 Å². The Kier molecular flexibility index (Phi) is 6.19. The number of piperidine rings is 1. The lowest BCUT2D eigenvalue weighted by Gasteiger charge is -2.43. The minimum Gasteiger partial charge on any atom is -0.444 e. The van der Waals surface area contributed by atoms with Crippen LogP contribution in [0.3, 0.4) is 0 Å². The first-order valence-corrected chi connectivity index (χ1v) is 11.4. The maximum absolute atomic E-state index is 12.5. The molecule has 1 atom stereocenters. The van der Waals surface area contributed by atoms with E-state index in [4.69, 9.17) is 16.3 Å². The standard InChI is InChI=1S/C24H30ClN5O2/c1-23(2,3)32-22(31)30-11-8-24(9-12-30)7-10-26-21(24)19-13-20(25)27-15-18(19)6-5-17-14-28-29(4)16-17/h13-16,21,26H,7-12H2,1-4H3. The summed E-state index contributed by atoms with van der Waals surface area (Å²) in [7, 11) is 1.87. The van der Waals surface area contributed by atoms with Gasteiger partial charge in [-0.1, -0.05) is 23.4 Å². The zero-order valence-electron chi connectivity index (χ0n) is 19.1. The Morgan fingerprint density at radius 2 is 2.00 bits per heavy atom. The quantitative estimate of drug-likeness (QED) is 0.521. The summed E-state index contributed by atoms with van der Waals surface area (Å²) in [6, 6.07) is 2.04. The molecule has 2 fully saturated rings. The Labute approximate surface area is 194 Å². The highest BCUT2D eigenvalue weighted by Crippen LogP contribution is 2.49. The maximum atomic E-state index is 12.5. The number of halogens is 1. The first-order valence-electron chi connectivity index (χ1n) is 11.0. The van der Waals surface area contributed by atoms with Crippen LogP contribution in [-0.4, -0.2) is 51.0 Å². The molecule has 2 aliphatic rings. The fourth-order valence-electron chi connectivity index (χ4n) is 4.68. The molecule has 4 rings (SSSR count). The number of hydrogen-bond donors (Lipinski definition) is 1. The molecule has 2 aromatic heterocycles. The molecule has 0 bridgehead atoms. The van der Waals surface area contributed by atoms with Gasteiger partial charge < -0.3 is 15.0 Å². The van der Waals surface area contributed by atoms with Crippen molar-refractivity contribution < 1.29 is 9.53 Å². The lowest BCUT2D eigenvalue weighted by Crippen LogP contribution is -2.46. The van der Waals surface area contributed by atoms with Gasteiger partial charge in [0, 0.05) is 44.1 Å². The van der Waals surface area contributed by atoms with Crippen LogP contribution < -0.4 is 5.32 Å². The maximum Gasteiger partial charge on any atom is 0.410 e. The van der Waals surface area contributed by atoms with Gasteiger partial charge in [-0.3, -0.25) is 4.68 Å². The summed E-state index contributed by atoms with van der Waals surface area (Å²) in [6.45, 7) is 7.98. The lowest BCUT2D eigenvalue weighted by molar-refractivity contribution is 0.00821. The molecule has 1 amide bonds. The molecule has 0 radical (unpaired) electrons.